The molecule has 0 spiro atoms. The summed E-state index contributed by atoms with van der Waals surface area (Å²) in [7, 11) is 0. The van der Waals surface area contributed by atoms with Crippen LogP contribution in [0.25, 0.3) is 0 Å². The van der Waals surface area contributed by atoms with E-state index in [0.717, 1.165) is 18.3 Å². The number of aryl methyl sites for hydroxylation is 1. The first-order valence-corrected chi connectivity index (χ1v) is 5.73. The fraction of sp³-hybridized carbons (Fsp3) is 0.364. The Bertz CT molecular complexity index is 563. The zero-order chi connectivity index (χ0) is 13.8. The first kappa shape index (κ1) is 13.2. The van der Waals surface area contributed by atoms with Crippen molar-refractivity contribution in [3.63, 3.8) is 0 Å². The monoisotopic (exact) mass is 269 g/mol. The van der Waals surface area contributed by atoms with Crippen molar-refractivity contribution in [1.82, 2.24) is 24.9 Å². The SMILES string of the molecule is CCn1cc(CNC(=O)c2ccn(C(F)F)n2)cn1. The lowest BCUT2D eigenvalue weighted by molar-refractivity contribution is 0.0560. The number of nitrogens with one attached hydrogen (secondary N) is 1. The fourth-order valence-corrected chi connectivity index (χ4v) is 1.51. The molecule has 0 aromatic carbocycles. The third-order valence-electron chi connectivity index (χ3n) is 2.50. The molecule has 0 saturated carbocycles. The lowest BCUT2D eigenvalue weighted by atomic mass is 10.3. The molecule has 2 heterocycles. The zero-order valence-corrected chi connectivity index (χ0v) is 10.3. The Labute approximate surface area is 108 Å². The van der Waals surface area contributed by atoms with E-state index in [1.165, 1.54) is 6.07 Å². The molecule has 0 aliphatic heterocycles. The van der Waals surface area contributed by atoms with Gasteiger partial charge in [-0.2, -0.15) is 19.0 Å². The average Bonchev–Trinajstić information content (AvgIpc) is 3.04. The van der Waals surface area contributed by atoms with Crippen LogP contribution in [-0.2, 0) is 13.1 Å². The molecule has 6 nitrogen and oxygen atoms in total. The lowest BCUT2D eigenvalue weighted by Crippen LogP contribution is -2.23. The van der Waals surface area contributed by atoms with E-state index >= 15 is 0 Å². The third kappa shape index (κ3) is 3.15. The van der Waals surface area contributed by atoms with Gasteiger partial charge in [-0.05, 0) is 13.0 Å². The Hall–Kier alpha value is -2.25. The third-order valence-corrected chi connectivity index (χ3v) is 2.50. The van der Waals surface area contributed by atoms with Crippen molar-refractivity contribution in [2.75, 3.05) is 0 Å². The van der Waals surface area contributed by atoms with Gasteiger partial charge in [0, 0.05) is 31.0 Å². The largest absolute Gasteiger partial charge is 0.346 e. The van der Waals surface area contributed by atoms with Crippen molar-refractivity contribution >= 4 is 5.91 Å². The van der Waals surface area contributed by atoms with E-state index in [1.807, 2.05) is 6.92 Å². The van der Waals surface area contributed by atoms with Crippen LogP contribution in [-0.4, -0.2) is 25.5 Å². The highest BCUT2D eigenvalue weighted by molar-refractivity contribution is 5.92. The molecule has 0 unspecified atom stereocenters. The second kappa shape index (κ2) is 5.59. The van der Waals surface area contributed by atoms with E-state index in [9.17, 15) is 13.6 Å². The minimum Gasteiger partial charge on any atom is -0.346 e. The van der Waals surface area contributed by atoms with Crippen LogP contribution < -0.4 is 5.32 Å². The van der Waals surface area contributed by atoms with E-state index in [-0.39, 0.29) is 12.2 Å². The molecule has 0 radical (unpaired) electrons. The minimum atomic E-state index is -2.75. The number of hydrogen-bond acceptors (Lipinski definition) is 3. The van der Waals surface area contributed by atoms with Gasteiger partial charge in [0.25, 0.3) is 5.91 Å². The van der Waals surface area contributed by atoms with Gasteiger partial charge in [0.15, 0.2) is 0 Å². The Kier molecular flexibility index (Phi) is 3.88. The topological polar surface area (TPSA) is 64.7 Å². The summed E-state index contributed by atoms with van der Waals surface area (Å²) in [6.45, 7) is 0.226. The van der Waals surface area contributed by atoms with Crippen LogP contribution in [0.2, 0.25) is 0 Å². The molecule has 0 aliphatic carbocycles. The predicted octanol–water partition coefficient (Wildman–Crippen LogP) is 1.42. The summed E-state index contributed by atoms with van der Waals surface area (Å²) in [5.41, 5.74) is 0.798. The number of aromatic nitrogens is 4. The molecule has 0 aliphatic rings. The molecular weight excluding hydrogens is 256 g/mol. The number of carbonyl (C=O) groups is 1. The van der Waals surface area contributed by atoms with Gasteiger partial charge in [-0.3, -0.25) is 9.48 Å². The van der Waals surface area contributed by atoms with Crippen molar-refractivity contribution < 1.29 is 13.6 Å². The van der Waals surface area contributed by atoms with E-state index in [0.29, 0.717) is 4.68 Å². The Morgan fingerprint density at radius 3 is 2.89 bits per heavy atom. The Morgan fingerprint density at radius 1 is 1.53 bits per heavy atom. The van der Waals surface area contributed by atoms with Crippen LogP contribution in [0, 0.1) is 0 Å². The highest BCUT2D eigenvalue weighted by Crippen LogP contribution is 2.08. The van der Waals surface area contributed by atoms with Crippen molar-refractivity contribution in [1.29, 1.82) is 0 Å². The number of nitrogens with zero attached hydrogens (tertiary/aromatic N) is 4. The molecule has 2 aromatic rings. The maximum atomic E-state index is 12.3. The normalized spacial score (nSPS) is 10.9. The Balaban J connectivity index is 1.93. The predicted molar refractivity (Wildman–Crippen MR) is 62.6 cm³/mol. The number of alkyl halides is 2. The van der Waals surface area contributed by atoms with Gasteiger partial charge in [-0.15, -0.1) is 0 Å². The minimum absolute atomic E-state index is 0.0387. The van der Waals surface area contributed by atoms with E-state index in [2.05, 4.69) is 15.5 Å². The first-order valence-electron chi connectivity index (χ1n) is 5.73. The maximum absolute atomic E-state index is 12.3. The van der Waals surface area contributed by atoms with Crippen molar-refractivity contribution in [3.8, 4) is 0 Å². The second-order valence-electron chi connectivity index (χ2n) is 3.85. The summed E-state index contributed by atoms with van der Waals surface area (Å²) in [6.07, 6.45) is 4.51. The van der Waals surface area contributed by atoms with Crippen molar-refractivity contribution in [2.45, 2.75) is 26.6 Å². The van der Waals surface area contributed by atoms with Crippen LogP contribution in [0.5, 0.6) is 0 Å². The smallest absolute Gasteiger partial charge is 0.333 e. The highest BCUT2D eigenvalue weighted by atomic mass is 19.3. The number of carbonyl (C=O) groups excluding carboxylic acids is 1. The molecule has 19 heavy (non-hydrogen) atoms. The summed E-state index contributed by atoms with van der Waals surface area (Å²) in [4.78, 5) is 11.7. The summed E-state index contributed by atoms with van der Waals surface area (Å²) >= 11 is 0. The number of amides is 1. The van der Waals surface area contributed by atoms with E-state index < -0.39 is 12.5 Å². The Morgan fingerprint density at radius 2 is 2.32 bits per heavy atom. The average molecular weight is 269 g/mol. The maximum Gasteiger partial charge on any atom is 0.333 e. The van der Waals surface area contributed by atoms with E-state index in [1.54, 1.807) is 17.1 Å². The van der Waals surface area contributed by atoms with Crippen LogP contribution >= 0.6 is 0 Å². The molecular formula is C11H13F2N5O. The van der Waals surface area contributed by atoms with Gasteiger partial charge < -0.3 is 5.32 Å². The molecule has 1 amide bonds. The van der Waals surface area contributed by atoms with Gasteiger partial charge in [0.2, 0.25) is 0 Å². The molecule has 1 N–H and O–H groups in total. The van der Waals surface area contributed by atoms with Crippen LogP contribution in [0.15, 0.2) is 24.7 Å². The first-order chi connectivity index (χ1) is 9.10. The molecule has 0 bridgehead atoms. The zero-order valence-electron chi connectivity index (χ0n) is 10.3. The van der Waals surface area contributed by atoms with Gasteiger partial charge in [-0.1, -0.05) is 0 Å². The van der Waals surface area contributed by atoms with Gasteiger partial charge in [0.1, 0.15) is 5.69 Å². The lowest BCUT2D eigenvalue weighted by Gasteiger charge is -2.01. The van der Waals surface area contributed by atoms with Gasteiger partial charge in [0.05, 0.1) is 6.20 Å². The summed E-state index contributed by atoms with van der Waals surface area (Å²) in [6, 6.07) is 1.25. The van der Waals surface area contributed by atoms with E-state index in [4.69, 9.17) is 0 Å². The van der Waals surface area contributed by atoms with Crippen LogP contribution in [0.1, 0.15) is 29.5 Å². The molecule has 0 saturated heterocycles. The van der Waals surface area contributed by atoms with Crippen LogP contribution in [0.3, 0.4) is 0 Å². The highest BCUT2D eigenvalue weighted by Gasteiger charge is 2.13. The van der Waals surface area contributed by atoms with Gasteiger partial charge in [-0.25, -0.2) is 4.68 Å². The van der Waals surface area contributed by atoms with Crippen molar-refractivity contribution in [2.24, 2.45) is 0 Å². The molecule has 2 aromatic heterocycles. The quantitative estimate of drug-likeness (QED) is 0.893. The summed E-state index contributed by atoms with van der Waals surface area (Å²) in [5.74, 6) is -0.497. The molecule has 8 heteroatoms. The van der Waals surface area contributed by atoms with Crippen molar-refractivity contribution in [3.05, 3.63) is 35.9 Å². The summed E-state index contributed by atoms with van der Waals surface area (Å²) < 4.78 is 26.8. The number of rotatable bonds is 5. The number of hydrogen-bond donors (Lipinski definition) is 1. The number of halogens is 2. The standard InChI is InChI=1S/C11H13F2N5O/c1-2-17-7-8(6-15-17)5-14-10(19)9-3-4-18(16-9)11(12)13/h3-4,6-7,11H,2,5H2,1H3,(H,14,19). The second-order valence-corrected chi connectivity index (χ2v) is 3.85. The molecule has 2 rings (SSSR count). The fourth-order valence-electron chi connectivity index (χ4n) is 1.51. The molecule has 0 atom stereocenters. The summed E-state index contributed by atoms with van der Waals surface area (Å²) in [5, 5.41) is 10.1. The van der Waals surface area contributed by atoms with Gasteiger partial charge >= 0.3 is 6.55 Å². The molecule has 0 fully saturated rings. The van der Waals surface area contributed by atoms with Crippen LogP contribution in [0.4, 0.5) is 8.78 Å². The molecule has 102 valence electrons.